The van der Waals surface area contributed by atoms with Crippen LogP contribution in [0.25, 0.3) is 0 Å². The van der Waals surface area contributed by atoms with Gasteiger partial charge in [-0.05, 0) is 73.4 Å². The number of carbonyl (C=O) groups is 2. The van der Waals surface area contributed by atoms with E-state index in [1.54, 1.807) is 30.0 Å². The minimum atomic E-state index is -3.51. The Hall–Kier alpha value is -2.09. The number of carboxylic acid groups (broad SMARTS) is 1. The summed E-state index contributed by atoms with van der Waals surface area (Å²) in [5.74, 6) is -1.76. The first-order chi connectivity index (χ1) is 18.4. The van der Waals surface area contributed by atoms with Gasteiger partial charge in [0.05, 0.1) is 28.9 Å². The van der Waals surface area contributed by atoms with E-state index in [-0.39, 0.29) is 29.9 Å². The normalized spacial score (nSPS) is 24.7. The molecule has 39 heavy (non-hydrogen) atoms. The molecule has 4 rings (SSSR count). The second-order valence-electron chi connectivity index (χ2n) is 11.4. The molecule has 2 aliphatic rings. The van der Waals surface area contributed by atoms with Crippen LogP contribution < -0.4 is 0 Å². The number of hydrogen-bond acceptors (Lipinski definition) is 4. The number of nitrogens with zero attached hydrogens (tertiary/aromatic N) is 1. The monoisotopic (exact) mass is 593 g/mol. The third-order valence-corrected chi connectivity index (χ3v) is 11.5. The van der Waals surface area contributed by atoms with Gasteiger partial charge >= 0.3 is 5.97 Å². The molecule has 1 heterocycles. The highest BCUT2D eigenvalue weighted by Gasteiger charge is 2.55. The van der Waals surface area contributed by atoms with Gasteiger partial charge in [-0.15, -0.1) is 0 Å². The summed E-state index contributed by atoms with van der Waals surface area (Å²) >= 11 is 12.6. The summed E-state index contributed by atoms with van der Waals surface area (Å²) in [6.45, 7) is 5.45. The lowest BCUT2D eigenvalue weighted by Crippen LogP contribution is -2.58. The lowest BCUT2D eigenvalue weighted by atomic mass is 9.67. The molecule has 9 heteroatoms. The predicted molar refractivity (Wildman–Crippen MR) is 155 cm³/mol. The summed E-state index contributed by atoms with van der Waals surface area (Å²) in [5, 5.41) is 10.4. The Balaban J connectivity index is 1.92. The molecule has 0 bridgehead atoms. The van der Waals surface area contributed by atoms with Crippen LogP contribution >= 0.6 is 23.2 Å². The SMILES string of the molecule is CCC(CC)S(=O)(=O)CC(C1CC1)N1C(=O)[C@@](C)(CC(=O)O)C[C@H](c2cccc(Cl)c2)[C@H]1c1ccc(Cl)cc1. The van der Waals surface area contributed by atoms with Crippen molar-refractivity contribution in [2.24, 2.45) is 11.3 Å². The minimum Gasteiger partial charge on any atom is -0.481 e. The zero-order valence-corrected chi connectivity index (χ0v) is 25.0. The van der Waals surface area contributed by atoms with Crippen LogP contribution in [0.5, 0.6) is 0 Å². The Morgan fingerprint density at radius 2 is 1.69 bits per heavy atom. The van der Waals surface area contributed by atoms with Gasteiger partial charge in [-0.2, -0.15) is 0 Å². The molecule has 1 amide bonds. The Morgan fingerprint density at radius 1 is 1.05 bits per heavy atom. The van der Waals surface area contributed by atoms with Gasteiger partial charge in [-0.1, -0.05) is 68.2 Å². The summed E-state index contributed by atoms with van der Waals surface area (Å²) < 4.78 is 27.3. The van der Waals surface area contributed by atoms with Crippen LogP contribution in [0.2, 0.25) is 10.0 Å². The van der Waals surface area contributed by atoms with Crippen LogP contribution in [0.1, 0.15) is 82.4 Å². The molecule has 0 aromatic heterocycles. The van der Waals surface area contributed by atoms with Crippen molar-refractivity contribution in [2.45, 2.75) is 82.5 Å². The maximum Gasteiger partial charge on any atom is 0.304 e. The van der Waals surface area contributed by atoms with E-state index < -0.39 is 38.6 Å². The number of hydrogen-bond donors (Lipinski definition) is 1. The fraction of sp³-hybridized carbons (Fsp3) is 0.533. The largest absolute Gasteiger partial charge is 0.481 e. The summed E-state index contributed by atoms with van der Waals surface area (Å²) in [6.07, 6.45) is 2.62. The van der Waals surface area contributed by atoms with E-state index in [0.717, 1.165) is 24.0 Å². The van der Waals surface area contributed by atoms with E-state index >= 15 is 0 Å². The molecular formula is C30H37Cl2NO5S. The maximum atomic E-state index is 14.5. The Bertz CT molecular complexity index is 1310. The van der Waals surface area contributed by atoms with E-state index in [0.29, 0.717) is 29.3 Å². The lowest BCUT2D eigenvalue weighted by molar-refractivity contribution is -0.160. The third kappa shape index (κ3) is 6.47. The van der Waals surface area contributed by atoms with Crippen molar-refractivity contribution in [1.29, 1.82) is 0 Å². The second-order valence-corrected chi connectivity index (χ2v) is 14.6. The van der Waals surface area contributed by atoms with Crippen LogP contribution in [0, 0.1) is 11.3 Å². The second kappa shape index (κ2) is 11.8. The van der Waals surface area contributed by atoms with Crippen molar-refractivity contribution in [1.82, 2.24) is 4.90 Å². The fourth-order valence-electron chi connectivity index (χ4n) is 6.34. The molecule has 0 radical (unpaired) electrons. The van der Waals surface area contributed by atoms with Crippen molar-refractivity contribution in [3.8, 4) is 0 Å². The summed E-state index contributed by atoms with van der Waals surface area (Å²) in [6, 6.07) is 13.7. The number of likely N-dealkylation sites (tertiary alicyclic amines) is 1. The highest BCUT2D eigenvalue weighted by Crippen LogP contribution is 2.54. The predicted octanol–water partition coefficient (Wildman–Crippen LogP) is 6.91. The molecule has 1 aliphatic heterocycles. The number of carbonyl (C=O) groups excluding carboxylic acids is 1. The fourth-order valence-corrected chi connectivity index (χ4v) is 8.86. The molecule has 6 nitrogen and oxygen atoms in total. The molecule has 1 saturated heterocycles. The molecule has 2 fully saturated rings. The quantitative estimate of drug-likeness (QED) is 0.305. The highest BCUT2D eigenvalue weighted by atomic mass is 35.5. The number of piperidine rings is 1. The third-order valence-electron chi connectivity index (χ3n) is 8.48. The highest BCUT2D eigenvalue weighted by molar-refractivity contribution is 7.92. The zero-order valence-electron chi connectivity index (χ0n) is 22.6. The molecule has 4 atom stereocenters. The van der Waals surface area contributed by atoms with Crippen molar-refractivity contribution < 1.29 is 23.1 Å². The van der Waals surface area contributed by atoms with Gasteiger partial charge in [0.1, 0.15) is 0 Å². The van der Waals surface area contributed by atoms with Gasteiger partial charge in [0.25, 0.3) is 0 Å². The maximum absolute atomic E-state index is 14.5. The molecule has 1 unspecified atom stereocenters. The van der Waals surface area contributed by atoms with Crippen LogP contribution in [0.4, 0.5) is 0 Å². The first kappa shape index (κ1) is 29.9. The number of rotatable bonds is 11. The lowest BCUT2D eigenvalue weighted by Gasteiger charge is -2.52. The summed E-state index contributed by atoms with van der Waals surface area (Å²) in [5.41, 5.74) is 0.503. The topological polar surface area (TPSA) is 91.8 Å². The number of aliphatic carboxylic acids is 1. The van der Waals surface area contributed by atoms with Crippen LogP contribution in [0.15, 0.2) is 48.5 Å². The molecule has 2 aromatic rings. The summed E-state index contributed by atoms with van der Waals surface area (Å²) in [7, 11) is -3.51. The van der Waals surface area contributed by atoms with Gasteiger partial charge in [-0.25, -0.2) is 8.42 Å². The number of benzene rings is 2. The molecule has 0 spiro atoms. The average Bonchev–Trinajstić information content (AvgIpc) is 3.70. The first-order valence-electron chi connectivity index (χ1n) is 13.7. The van der Waals surface area contributed by atoms with Crippen LogP contribution in [-0.4, -0.2) is 47.3 Å². The standard InChI is InChI=1S/C30H37Cl2NO5S/c1-4-24(5-2)39(37,38)18-26(19-9-10-19)33-28(20-11-13-22(31)14-12-20)25(21-7-6-8-23(32)15-21)16-30(3,29(33)36)17-27(34)35/h6-8,11-15,19,24-26,28H,4-5,9-10,16-18H2,1-3H3,(H,34,35)/t25-,26?,28-,30-/m1/s1. The molecule has 212 valence electrons. The van der Waals surface area contributed by atoms with E-state index in [1.807, 2.05) is 44.2 Å². The van der Waals surface area contributed by atoms with Gasteiger partial charge in [-0.3, -0.25) is 9.59 Å². The van der Waals surface area contributed by atoms with Gasteiger partial charge in [0, 0.05) is 22.0 Å². The van der Waals surface area contributed by atoms with Crippen molar-refractivity contribution in [2.75, 3.05) is 5.75 Å². The van der Waals surface area contributed by atoms with E-state index in [9.17, 15) is 23.1 Å². The number of sulfone groups is 1. The average molecular weight is 595 g/mol. The summed E-state index contributed by atoms with van der Waals surface area (Å²) in [4.78, 5) is 28.2. The minimum absolute atomic E-state index is 0.0417. The van der Waals surface area contributed by atoms with E-state index in [1.165, 1.54) is 0 Å². The van der Waals surface area contributed by atoms with Crippen molar-refractivity contribution >= 4 is 44.9 Å². The first-order valence-corrected chi connectivity index (χ1v) is 16.1. The van der Waals surface area contributed by atoms with Gasteiger partial charge in [0.15, 0.2) is 9.84 Å². The van der Waals surface area contributed by atoms with Crippen LogP contribution in [0.3, 0.4) is 0 Å². The van der Waals surface area contributed by atoms with Gasteiger partial charge < -0.3 is 10.0 Å². The van der Waals surface area contributed by atoms with Gasteiger partial charge in [0.2, 0.25) is 5.91 Å². The zero-order chi connectivity index (χ0) is 28.5. The Labute approximate surface area is 241 Å². The number of amides is 1. The molecule has 1 N–H and O–H groups in total. The molecule has 2 aromatic carbocycles. The van der Waals surface area contributed by atoms with Crippen molar-refractivity contribution in [3.05, 3.63) is 69.7 Å². The van der Waals surface area contributed by atoms with E-state index in [4.69, 9.17) is 23.2 Å². The Kier molecular flexibility index (Phi) is 9.04. The number of carboxylic acids is 1. The van der Waals surface area contributed by atoms with Crippen molar-refractivity contribution in [3.63, 3.8) is 0 Å². The Morgan fingerprint density at radius 3 is 2.23 bits per heavy atom. The van der Waals surface area contributed by atoms with E-state index in [2.05, 4.69) is 0 Å². The molecular weight excluding hydrogens is 557 g/mol. The molecule has 1 saturated carbocycles. The molecule has 1 aliphatic carbocycles. The number of halogens is 2. The smallest absolute Gasteiger partial charge is 0.304 e. The van der Waals surface area contributed by atoms with Crippen LogP contribution in [-0.2, 0) is 19.4 Å².